The molecule has 7 nitrogen and oxygen atoms in total. The highest BCUT2D eigenvalue weighted by Crippen LogP contribution is 2.27. The van der Waals surface area contributed by atoms with E-state index in [1.54, 1.807) is 30.6 Å². The van der Waals surface area contributed by atoms with Gasteiger partial charge in [-0.3, -0.25) is 24.3 Å². The second-order valence-electron chi connectivity index (χ2n) is 7.38. The first-order valence-corrected chi connectivity index (χ1v) is 10.0. The van der Waals surface area contributed by atoms with Gasteiger partial charge in [-0.15, -0.1) is 12.4 Å². The van der Waals surface area contributed by atoms with Crippen LogP contribution in [0, 0.1) is 0 Å². The molecule has 1 unspecified atom stereocenters. The Morgan fingerprint density at radius 3 is 2.73 bits per heavy atom. The van der Waals surface area contributed by atoms with Crippen molar-refractivity contribution in [2.24, 2.45) is 0 Å². The van der Waals surface area contributed by atoms with Crippen molar-refractivity contribution in [2.45, 2.75) is 25.8 Å². The van der Waals surface area contributed by atoms with Crippen molar-refractivity contribution < 1.29 is 14.4 Å². The number of benzene rings is 1. The molecule has 2 aliphatic heterocycles. The van der Waals surface area contributed by atoms with Crippen LogP contribution >= 0.6 is 12.4 Å². The van der Waals surface area contributed by atoms with Gasteiger partial charge in [0.1, 0.15) is 0 Å². The molecule has 30 heavy (non-hydrogen) atoms. The SMILES string of the molecule is CCCCN1C(=O)c2ccc(C(=O)N3CCNCC3c3cccnc3)cc2C1=O.Cl. The third-order valence-electron chi connectivity index (χ3n) is 5.53. The van der Waals surface area contributed by atoms with Gasteiger partial charge in [0.15, 0.2) is 0 Å². The molecule has 2 aliphatic rings. The fraction of sp³-hybridized carbons (Fsp3) is 0.364. The second-order valence-corrected chi connectivity index (χ2v) is 7.38. The molecule has 1 aromatic carbocycles. The zero-order valence-corrected chi connectivity index (χ0v) is 17.7. The lowest BCUT2D eigenvalue weighted by atomic mass is 10.0. The van der Waals surface area contributed by atoms with E-state index in [-0.39, 0.29) is 36.2 Å². The van der Waals surface area contributed by atoms with Crippen LogP contribution in [0.25, 0.3) is 0 Å². The number of amides is 3. The summed E-state index contributed by atoms with van der Waals surface area (Å²) in [4.78, 5) is 45.8. The number of hydrogen-bond acceptors (Lipinski definition) is 5. The number of halogens is 1. The lowest BCUT2D eigenvalue weighted by Gasteiger charge is -2.36. The van der Waals surface area contributed by atoms with Gasteiger partial charge in [-0.1, -0.05) is 19.4 Å². The summed E-state index contributed by atoms with van der Waals surface area (Å²) in [7, 11) is 0. The Labute approximate surface area is 181 Å². The Morgan fingerprint density at radius 1 is 1.20 bits per heavy atom. The van der Waals surface area contributed by atoms with E-state index >= 15 is 0 Å². The van der Waals surface area contributed by atoms with Gasteiger partial charge in [0, 0.05) is 44.1 Å². The summed E-state index contributed by atoms with van der Waals surface area (Å²) in [6.45, 7) is 4.33. The zero-order chi connectivity index (χ0) is 20.4. The highest BCUT2D eigenvalue weighted by Gasteiger charge is 2.36. The topological polar surface area (TPSA) is 82.6 Å². The van der Waals surface area contributed by atoms with Crippen molar-refractivity contribution in [1.82, 2.24) is 20.1 Å². The van der Waals surface area contributed by atoms with Gasteiger partial charge in [-0.25, -0.2) is 0 Å². The van der Waals surface area contributed by atoms with Crippen LogP contribution in [0.5, 0.6) is 0 Å². The highest BCUT2D eigenvalue weighted by atomic mass is 35.5. The Morgan fingerprint density at radius 2 is 2.00 bits per heavy atom. The van der Waals surface area contributed by atoms with Crippen LogP contribution in [0.2, 0.25) is 0 Å². The molecule has 3 amide bonds. The molecule has 2 aromatic rings. The quantitative estimate of drug-likeness (QED) is 0.740. The fourth-order valence-electron chi connectivity index (χ4n) is 3.93. The summed E-state index contributed by atoms with van der Waals surface area (Å²) in [6.07, 6.45) is 5.15. The van der Waals surface area contributed by atoms with Crippen LogP contribution in [0.4, 0.5) is 0 Å². The molecule has 4 rings (SSSR count). The normalized spacial score (nSPS) is 18.2. The number of fused-ring (bicyclic) bond motifs is 1. The molecule has 1 saturated heterocycles. The number of pyridine rings is 1. The van der Waals surface area contributed by atoms with Gasteiger partial charge in [-0.2, -0.15) is 0 Å². The highest BCUT2D eigenvalue weighted by molar-refractivity contribution is 6.22. The smallest absolute Gasteiger partial charge is 0.261 e. The van der Waals surface area contributed by atoms with E-state index in [2.05, 4.69) is 10.3 Å². The van der Waals surface area contributed by atoms with E-state index in [4.69, 9.17) is 0 Å². The zero-order valence-electron chi connectivity index (χ0n) is 16.8. The van der Waals surface area contributed by atoms with Crippen LogP contribution in [0.15, 0.2) is 42.7 Å². The number of nitrogens with one attached hydrogen (secondary N) is 1. The maximum Gasteiger partial charge on any atom is 0.261 e. The Bertz CT molecular complexity index is 951. The maximum atomic E-state index is 13.3. The molecule has 0 spiro atoms. The molecule has 3 heterocycles. The summed E-state index contributed by atoms with van der Waals surface area (Å²) in [5.41, 5.74) is 2.10. The van der Waals surface area contributed by atoms with Gasteiger partial charge in [0.2, 0.25) is 0 Å². The standard InChI is InChI=1S/C22H24N4O3.ClH/c1-2-3-10-26-21(28)17-7-6-15(12-18(17)22(26)29)20(27)25-11-9-24-14-19(25)16-5-4-8-23-13-16;/h4-8,12-13,19,24H,2-3,9-11,14H2,1H3;1H. The number of carbonyl (C=O) groups excluding carboxylic acids is 3. The van der Waals surface area contributed by atoms with E-state index in [1.165, 1.54) is 4.90 Å². The van der Waals surface area contributed by atoms with Crippen molar-refractivity contribution in [1.29, 1.82) is 0 Å². The minimum atomic E-state index is -0.308. The molecule has 1 fully saturated rings. The number of rotatable bonds is 5. The van der Waals surface area contributed by atoms with E-state index in [9.17, 15) is 14.4 Å². The number of nitrogens with zero attached hydrogens (tertiary/aromatic N) is 3. The lowest BCUT2D eigenvalue weighted by Crippen LogP contribution is -2.48. The van der Waals surface area contributed by atoms with Gasteiger partial charge < -0.3 is 10.2 Å². The van der Waals surface area contributed by atoms with E-state index in [1.807, 2.05) is 24.0 Å². The number of piperazine rings is 1. The molecule has 0 radical (unpaired) electrons. The van der Waals surface area contributed by atoms with Crippen molar-refractivity contribution >= 4 is 30.1 Å². The van der Waals surface area contributed by atoms with E-state index < -0.39 is 0 Å². The average molecular weight is 429 g/mol. The molecule has 158 valence electrons. The Hall–Kier alpha value is -2.77. The number of aromatic nitrogens is 1. The molecule has 1 atom stereocenters. The second kappa shape index (κ2) is 9.36. The van der Waals surface area contributed by atoms with Crippen molar-refractivity contribution in [3.8, 4) is 0 Å². The van der Waals surface area contributed by atoms with Crippen LogP contribution in [0.1, 0.15) is 62.4 Å². The van der Waals surface area contributed by atoms with Crippen LogP contribution in [-0.4, -0.2) is 58.7 Å². The van der Waals surface area contributed by atoms with E-state index in [0.717, 1.165) is 18.4 Å². The summed E-state index contributed by atoms with van der Waals surface area (Å²) in [5.74, 6) is -0.722. The summed E-state index contributed by atoms with van der Waals surface area (Å²) in [6, 6.07) is 8.52. The molecular weight excluding hydrogens is 404 g/mol. The molecule has 0 bridgehead atoms. The fourth-order valence-corrected chi connectivity index (χ4v) is 3.93. The number of hydrogen-bond donors (Lipinski definition) is 1. The average Bonchev–Trinajstić information content (AvgIpc) is 3.01. The summed E-state index contributed by atoms with van der Waals surface area (Å²) in [5, 5.41) is 3.32. The molecule has 1 aromatic heterocycles. The first kappa shape index (κ1) is 21.9. The summed E-state index contributed by atoms with van der Waals surface area (Å²) >= 11 is 0. The first-order valence-electron chi connectivity index (χ1n) is 10.0. The molecule has 0 aliphatic carbocycles. The predicted octanol–water partition coefficient (Wildman–Crippen LogP) is 2.69. The van der Waals surface area contributed by atoms with Crippen molar-refractivity contribution in [3.05, 3.63) is 65.0 Å². The summed E-state index contributed by atoms with van der Waals surface area (Å²) < 4.78 is 0. The van der Waals surface area contributed by atoms with Crippen molar-refractivity contribution in [3.63, 3.8) is 0 Å². The van der Waals surface area contributed by atoms with Crippen molar-refractivity contribution in [2.75, 3.05) is 26.2 Å². The largest absolute Gasteiger partial charge is 0.329 e. The van der Waals surface area contributed by atoms with Gasteiger partial charge >= 0.3 is 0 Å². The Kier molecular flexibility index (Phi) is 6.84. The third kappa shape index (κ3) is 3.95. The molecule has 0 saturated carbocycles. The third-order valence-corrected chi connectivity index (χ3v) is 5.53. The van der Waals surface area contributed by atoms with Gasteiger partial charge in [0.05, 0.1) is 17.2 Å². The predicted molar refractivity (Wildman–Crippen MR) is 115 cm³/mol. The van der Waals surface area contributed by atoms with Gasteiger partial charge in [0.25, 0.3) is 17.7 Å². The minimum Gasteiger partial charge on any atom is -0.329 e. The van der Waals surface area contributed by atoms with E-state index in [0.29, 0.717) is 42.9 Å². The van der Waals surface area contributed by atoms with Gasteiger partial charge in [-0.05, 0) is 36.2 Å². The van der Waals surface area contributed by atoms with Crippen LogP contribution in [-0.2, 0) is 0 Å². The van der Waals surface area contributed by atoms with Crippen LogP contribution in [0.3, 0.4) is 0 Å². The van der Waals surface area contributed by atoms with Crippen LogP contribution < -0.4 is 5.32 Å². The minimum absolute atomic E-state index is 0. The number of imide groups is 1. The Balaban J connectivity index is 0.00000256. The maximum absolute atomic E-state index is 13.3. The molecule has 1 N–H and O–H groups in total. The molecular formula is C22H25ClN4O3. The lowest BCUT2D eigenvalue weighted by molar-refractivity contribution is 0.0631. The number of carbonyl (C=O) groups is 3. The first-order chi connectivity index (χ1) is 14.1. The molecule has 8 heteroatoms. The number of unbranched alkanes of at least 4 members (excludes halogenated alkanes) is 1. The monoisotopic (exact) mass is 428 g/mol.